The molecule has 1 aliphatic heterocycles. The van der Waals surface area contributed by atoms with Gasteiger partial charge in [0.15, 0.2) is 0 Å². The van der Waals surface area contributed by atoms with Crippen LogP contribution < -0.4 is 15.5 Å². The minimum absolute atomic E-state index is 0. The molecule has 0 unspecified atom stereocenters. The second-order valence-corrected chi connectivity index (χ2v) is 7.50. The number of aromatic nitrogens is 1. The van der Waals surface area contributed by atoms with Gasteiger partial charge in [-0.3, -0.25) is 4.79 Å². The van der Waals surface area contributed by atoms with Gasteiger partial charge in [-0.15, -0.1) is 12.4 Å². The summed E-state index contributed by atoms with van der Waals surface area (Å²) in [7, 11) is 0. The van der Waals surface area contributed by atoms with Crippen LogP contribution in [0.25, 0.3) is 0 Å². The van der Waals surface area contributed by atoms with Crippen molar-refractivity contribution in [3.63, 3.8) is 0 Å². The quantitative estimate of drug-likeness (QED) is 0.889. The highest BCUT2D eigenvalue weighted by Crippen LogP contribution is 2.68. The summed E-state index contributed by atoms with van der Waals surface area (Å²) in [6.07, 6.45) is 1.85. The van der Waals surface area contributed by atoms with Gasteiger partial charge in [0.25, 0.3) is 0 Å². The molecular weight excluding hydrogens is 312 g/mol. The molecule has 0 radical (unpaired) electrons. The first kappa shape index (κ1) is 18.0. The van der Waals surface area contributed by atoms with E-state index < -0.39 is 0 Å². The Morgan fingerprint density at radius 1 is 1.22 bits per heavy atom. The number of hydrogen-bond donors (Lipinski definition) is 2. The molecule has 1 aromatic heterocycles. The number of amides is 1. The van der Waals surface area contributed by atoms with Crippen molar-refractivity contribution in [1.29, 1.82) is 0 Å². The third kappa shape index (κ3) is 3.17. The van der Waals surface area contributed by atoms with Gasteiger partial charge in [0.2, 0.25) is 5.91 Å². The van der Waals surface area contributed by atoms with Gasteiger partial charge < -0.3 is 15.5 Å². The fourth-order valence-corrected chi connectivity index (χ4v) is 3.62. The van der Waals surface area contributed by atoms with E-state index in [9.17, 15) is 4.79 Å². The maximum Gasteiger partial charge on any atom is 0.229 e. The van der Waals surface area contributed by atoms with Crippen LogP contribution in [-0.2, 0) is 4.79 Å². The molecule has 1 saturated heterocycles. The Morgan fingerprint density at radius 3 is 2.30 bits per heavy atom. The van der Waals surface area contributed by atoms with Crippen LogP contribution in [0.5, 0.6) is 0 Å². The summed E-state index contributed by atoms with van der Waals surface area (Å²) < 4.78 is 0. The highest BCUT2D eigenvalue weighted by Gasteiger charge is 2.68. The van der Waals surface area contributed by atoms with Crippen molar-refractivity contribution < 1.29 is 4.79 Å². The minimum Gasteiger partial charge on any atom is -0.368 e. The van der Waals surface area contributed by atoms with E-state index >= 15 is 0 Å². The first-order valence-corrected chi connectivity index (χ1v) is 8.06. The molecule has 2 heterocycles. The molecule has 0 aromatic carbocycles. The Hall–Kier alpha value is -1.33. The van der Waals surface area contributed by atoms with Gasteiger partial charge in [-0.05, 0) is 23.0 Å². The second-order valence-electron chi connectivity index (χ2n) is 7.50. The molecule has 2 fully saturated rings. The highest BCUT2D eigenvalue weighted by atomic mass is 35.5. The number of carbonyl (C=O) groups excluding carboxylic acids is 1. The van der Waals surface area contributed by atoms with Crippen LogP contribution in [-0.4, -0.2) is 37.1 Å². The summed E-state index contributed by atoms with van der Waals surface area (Å²) in [4.78, 5) is 19.1. The largest absolute Gasteiger partial charge is 0.368 e. The molecule has 1 saturated carbocycles. The Labute approximate surface area is 144 Å². The number of piperazine rings is 1. The second kappa shape index (κ2) is 6.29. The Balaban J connectivity index is 0.00000192. The molecule has 1 aromatic rings. The number of nitrogens with zero attached hydrogens (tertiary/aromatic N) is 2. The van der Waals surface area contributed by atoms with Gasteiger partial charge in [0.1, 0.15) is 5.82 Å². The van der Waals surface area contributed by atoms with E-state index in [1.807, 2.05) is 18.3 Å². The van der Waals surface area contributed by atoms with E-state index in [-0.39, 0.29) is 35.1 Å². The lowest BCUT2D eigenvalue weighted by molar-refractivity contribution is -0.118. The van der Waals surface area contributed by atoms with Crippen LogP contribution in [0.15, 0.2) is 18.3 Å². The molecular formula is C17H27ClN4O. The standard InChI is InChI=1S/C17H26N4O.ClH/c1-16(2)14(17(16,3)4)15(22)20-13-6-5-12(11-19-13)21-9-7-18-8-10-21;/h5-6,11,14,18H,7-10H2,1-4H3,(H,19,20,22);1H. The van der Waals surface area contributed by atoms with Crippen molar-refractivity contribution in [2.75, 3.05) is 36.4 Å². The molecule has 1 aliphatic carbocycles. The average Bonchev–Trinajstić information content (AvgIpc) is 2.90. The molecule has 1 amide bonds. The van der Waals surface area contributed by atoms with E-state index in [0.717, 1.165) is 31.9 Å². The minimum atomic E-state index is 0. The summed E-state index contributed by atoms with van der Waals surface area (Å²) in [5, 5.41) is 6.30. The van der Waals surface area contributed by atoms with Crippen molar-refractivity contribution in [3.8, 4) is 0 Å². The maximum absolute atomic E-state index is 12.4. The van der Waals surface area contributed by atoms with Gasteiger partial charge in [-0.1, -0.05) is 27.7 Å². The summed E-state index contributed by atoms with van der Waals surface area (Å²) in [5.41, 5.74) is 1.22. The Bertz CT molecular complexity index is 550. The van der Waals surface area contributed by atoms with Crippen molar-refractivity contribution >= 4 is 29.8 Å². The SMILES string of the molecule is CC1(C)C(C(=O)Nc2ccc(N3CCNCC3)cn2)C1(C)C.Cl. The first-order chi connectivity index (χ1) is 10.3. The monoisotopic (exact) mass is 338 g/mol. The molecule has 0 bridgehead atoms. The molecule has 6 heteroatoms. The van der Waals surface area contributed by atoms with Crippen LogP contribution in [0.1, 0.15) is 27.7 Å². The van der Waals surface area contributed by atoms with Crippen LogP contribution in [0, 0.1) is 16.7 Å². The lowest BCUT2D eigenvalue weighted by Crippen LogP contribution is -2.43. The van der Waals surface area contributed by atoms with Crippen LogP contribution in [0.4, 0.5) is 11.5 Å². The van der Waals surface area contributed by atoms with Crippen molar-refractivity contribution in [1.82, 2.24) is 10.3 Å². The Morgan fingerprint density at radius 2 is 1.83 bits per heavy atom. The van der Waals surface area contributed by atoms with Crippen LogP contribution in [0.3, 0.4) is 0 Å². The van der Waals surface area contributed by atoms with Crippen LogP contribution in [0.2, 0.25) is 0 Å². The molecule has 0 atom stereocenters. The summed E-state index contributed by atoms with van der Waals surface area (Å²) in [5.74, 6) is 0.773. The van der Waals surface area contributed by atoms with E-state index in [1.165, 1.54) is 0 Å². The number of pyridine rings is 1. The lowest BCUT2D eigenvalue weighted by atomic mass is 10.0. The normalized spacial score (nSPS) is 22.2. The van der Waals surface area contributed by atoms with Gasteiger partial charge in [0, 0.05) is 32.1 Å². The molecule has 5 nitrogen and oxygen atoms in total. The number of anilines is 2. The number of nitrogens with one attached hydrogen (secondary N) is 2. The van der Waals surface area contributed by atoms with Crippen molar-refractivity contribution in [2.45, 2.75) is 27.7 Å². The molecule has 2 N–H and O–H groups in total. The zero-order valence-corrected chi connectivity index (χ0v) is 15.2. The van der Waals surface area contributed by atoms with E-state index in [1.54, 1.807) is 0 Å². The van der Waals surface area contributed by atoms with E-state index in [4.69, 9.17) is 0 Å². The number of rotatable bonds is 3. The predicted octanol–water partition coefficient (Wildman–Crippen LogP) is 2.53. The third-order valence-corrected chi connectivity index (χ3v) is 5.76. The van der Waals surface area contributed by atoms with Gasteiger partial charge in [-0.2, -0.15) is 0 Å². The number of carbonyl (C=O) groups is 1. The number of hydrogen-bond acceptors (Lipinski definition) is 4. The number of halogens is 1. The molecule has 2 aliphatic rings. The van der Waals surface area contributed by atoms with Gasteiger partial charge >= 0.3 is 0 Å². The fourth-order valence-electron chi connectivity index (χ4n) is 3.62. The zero-order valence-electron chi connectivity index (χ0n) is 14.3. The molecule has 23 heavy (non-hydrogen) atoms. The first-order valence-electron chi connectivity index (χ1n) is 8.06. The van der Waals surface area contributed by atoms with Crippen molar-refractivity contribution in [3.05, 3.63) is 18.3 Å². The Kier molecular flexibility index (Phi) is 4.92. The highest BCUT2D eigenvalue weighted by molar-refractivity contribution is 5.95. The van der Waals surface area contributed by atoms with Crippen LogP contribution >= 0.6 is 12.4 Å². The topological polar surface area (TPSA) is 57.3 Å². The zero-order chi connectivity index (χ0) is 16.0. The molecule has 128 valence electrons. The molecule has 0 spiro atoms. The molecule has 3 rings (SSSR count). The summed E-state index contributed by atoms with van der Waals surface area (Å²) >= 11 is 0. The smallest absolute Gasteiger partial charge is 0.229 e. The average molecular weight is 339 g/mol. The fraction of sp³-hybridized carbons (Fsp3) is 0.647. The predicted molar refractivity (Wildman–Crippen MR) is 96.2 cm³/mol. The van der Waals surface area contributed by atoms with Gasteiger partial charge in [-0.25, -0.2) is 4.98 Å². The van der Waals surface area contributed by atoms with Crippen molar-refractivity contribution in [2.24, 2.45) is 16.7 Å². The van der Waals surface area contributed by atoms with E-state index in [2.05, 4.69) is 48.2 Å². The summed E-state index contributed by atoms with van der Waals surface area (Å²) in [6.45, 7) is 12.6. The van der Waals surface area contributed by atoms with Gasteiger partial charge in [0.05, 0.1) is 11.9 Å². The summed E-state index contributed by atoms with van der Waals surface area (Å²) in [6, 6.07) is 3.94. The lowest BCUT2D eigenvalue weighted by Gasteiger charge is -2.29. The maximum atomic E-state index is 12.4. The third-order valence-electron chi connectivity index (χ3n) is 5.76. The van der Waals surface area contributed by atoms with E-state index in [0.29, 0.717) is 5.82 Å².